The number of aliphatic hydroxyl groups is 1. The number of rotatable bonds is 7. The van der Waals surface area contributed by atoms with Crippen molar-refractivity contribution in [1.82, 2.24) is 0 Å². The van der Waals surface area contributed by atoms with E-state index in [1.54, 1.807) is 0 Å². The van der Waals surface area contributed by atoms with Crippen molar-refractivity contribution in [3.8, 4) is 0 Å². The van der Waals surface area contributed by atoms with Crippen LogP contribution in [0.4, 0.5) is 0 Å². The Hall–Kier alpha value is -1.60. The lowest BCUT2D eigenvalue weighted by Crippen LogP contribution is -2.08. The summed E-state index contributed by atoms with van der Waals surface area (Å²) < 4.78 is 0. The van der Waals surface area contributed by atoms with Crippen LogP contribution in [0.3, 0.4) is 0 Å². The van der Waals surface area contributed by atoms with Crippen LogP contribution >= 0.6 is 0 Å². The van der Waals surface area contributed by atoms with E-state index in [2.05, 4.69) is 48.5 Å². The summed E-state index contributed by atoms with van der Waals surface area (Å²) in [5, 5.41) is 9.99. The summed E-state index contributed by atoms with van der Waals surface area (Å²) in [7, 11) is 0. The molecule has 0 spiro atoms. The zero-order valence-corrected chi connectivity index (χ0v) is 11.3. The minimum absolute atomic E-state index is 0.177. The van der Waals surface area contributed by atoms with E-state index in [-0.39, 0.29) is 6.10 Å². The van der Waals surface area contributed by atoms with Gasteiger partial charge in [-0.25, -0.2) is 0 Å². The normalized spacial score (nSPS) is 12.3. The van der Waals surface area contributed by atoms with E-state index in [1.807, 2.05) is 12.1 Å². The molecule has 0 saturated carbocycles. The van der Waals surface area contributed by atoms with Gasteiger partial charge < -0.3 is 5.11 Å². The molecule has 1 heteroatoms. The van der Waals surface area contributed by atoms with Gasteiger partial charge in [-0.1, -0.05) is 60.7 Å². The largest absolute Gasteiger partial charge is 0.393 e. The lowest BCUT2D eigenvalue weighted by molar-refractivity contribution is 0.152. The van der Waals surface area contributed by atoms with Gasteiger partial charge in [-0.2, -0.15) is 0 Å². The van der Waals surface area contributed by atoms with Gasteiger partial charge in [-0.05, 0) is 43.2 Å². The highest BCUT2D eigenvalue weighted by Crippen LogP contribution is 2.11. The predicted octanol–water partition coefficient (Wildman–Crippen LogP) is 4.00. The molecule has 1 N–H and O–H groups in total. The minimum Gasteiger partial charge on any atom is -0.393 e. The lowest BCUT2D eigenvalue weighted by atomic mass is 10.0. The monoisotopic (exact) mass is 254 g/mol. The fraction of sp³-hybridized carbons (Fsp3) is 0.333. The van der Waals surface area contributed by atoms with Crippen molar-refractivity contribution in [3.05, 3.63) is 71.8 Å². The molecule has 0 bridgehead atoms. The maximum absolute atomic E-state index is 9.99. The van der Waals surface area contributed by atoms with Crippen LogP contribution < -0.4 is 0 Å². The Morgan fingerprint density at radius 1 is 0.684 bits per heavy atom. The Morgan fingerprint density at radius 2 is 1.21 bits per heavy atom. The fourth-order valence-electron chi connectivity index (χ4n) is 2.31. The number of hydrogen-bond acceptors (Lipinski definition) is 1. The van der Waals surface area contributed by atoms with Crippen LogP contribution in [-0.2, 0) is 12.8 Å². The molecule has 0 aliphatic heterocycles. The van der Waals surface area contributed by atoms with Crippen LogP contribution in [0.25, 0.3) is 0 Å². The van der Waals surface area contributed by atoms with E-state index >= 15 is 0 Å². The Morgan fingerprint density at radius 3 is 1.79 bits per heavy atom. The van der Waals surface area contributed by atoms with Crippen LogP contribution in [0.1, 0.15) is 30.4 Å². The van der Waals surface area contributed by atoms with Gasteiger partial charge in [0.25, 0.3) is 0 Å². The maximum Gasteiger partial charge on any atom is 0.0543 e. The first-order valence-electron chi connectivity index (χ1n) is 7.10. The third-order valence-electron chi connectivity index (χ3n) is 3.45. The Balaban J connectivity index is 1.64. The molecule has 0 aliphatic carbocycles. The average Bonchev–Trinajstić information content (AvgIpc) is 2.47. The van der Waals surface area contributed by atoms with E-state index in [1.165, 1.54) is 11.1 Å². The molecule has 2 rings (SSSR count). The van der Waals surface area contributed by atoms with E-state index in [4.69, 9.17) is 0 Å². The highest BCUT2D eigenvalue weighted by Gasteiger charge is 2.04. The molecule has 0 amide bonds. The molecule has 0 unspecified atom stereocenters. The molecule has 2 aromatic rings. The average molecular weight is 254 g/mol. The van der Waals surface area contributed by atoms with E-state index in [9.17, 15) is 5.11 Å². The minimum atomic E-state index is -0.177. The number of aliphatic hydroxyl groups excluding tert-OH is 1. The molecule has 0 fully saturated rings. The third-order valence-corrected chi connectivity index (χ3v) is 3.45. The third kappa shape index (κ3) is 5.27. The maximum atomic E-state index is 9.99. The molecule has 19 heavy (non-hydrogen) atoms. The summed E-state index contributed by atoms with van der Waals surface area (Å²) in [6.45, 7) is 0. The van der Waals surface area contributed by atoms with Crippen LogP contribution in [0.15, 0.2) is 60.7 Å². The van der Waals surface area contributed by atoms with Crippen molar-refractivity contribution < 1.29 is 5.11 Å². The van der Waals surface area contributed by atoms with E-state index in [0.29, 0.717) is 0 Å². The first-order chi connectivity index (χ1) is 9.34. The predicted molar refractivity (Wildman–Crippen MR) is 80.1 cm³/mol. The quantitative estimate of drug-likeness (QED) is 0.791. The van der Waals surface area contributed by atoms with Gasteiger partial charge in [0.1, 0.15) is 0 Å². The van der Waals surface area contributed by atoms with Crippen molar-refractivity contribution in [2.75, 3.05) is 0 Å². The molecule has 0 saturated heterocycles. The highest BCUT2D eigenvalue weighted by molar-refractivity contribution is 5.15. The molecule has 0 aromatic heterocycles. The zero-order chi connectivity index (χ0) is 13.3. The first kappa shape index (κ1) is 13.8. The summed E-state index contributed by atoms with van der Waals surface area (Å²) >= 11 is 0. The van der Waals surface area contributed by atoms with Crippen LogP contribution in [0, 0.1) is 0 Å². The number of hydrogen-bond donors (Lipinski definition) is 1. The van der Waals surface area contributed by atoms with E-state index < -0.39 is 0 Å². The summed E-state index contributed by atoms with van der Waals surface area (Å²) in [6, 6.07) is 20.9. The standard InChI is InChI=1S/C18H22O/c19-18(15-14-17-10-5-2-6-11-17)13-7-12-16-8-3-1-4-9-16/h1-6,8-11,18-19H,7,12-15H2/t18-/m0/s1. The van der Waals surface area contributed by atoms with Gasteiger partial charge in [0, 0.05) is 0 Å². The van der Waals surface area contributed by atoms with E-state index in [0.717, 1.165) is 32.1 Å². The smallest absolute Gasteiger partial charge is 0.0543 e. The molecule has 1 atom stereocenters. The summed E-state index contributed by atoms with van der Waals surface area (Å²) in [5.41, 5.74) is 2.67. The second-order valence-electron chi connectivity index (χ2n) is 5.06. The SMILES string of the molecule is O[C@@H](CCCc1ccccc1)CCc1ccccc1. The van der Waals surface area contributed by atoms with Gasteiger partial charge >= 0.3 is 0 Å². The van der Waals surface area contributed by atoms with Crippen molar-refractivity contribution in [3.63, 3.8) is 0 Å². The Kier molecular flexibility index (Phi) is 5.64. The van der Waals surface area contributed by atoms with Crippen molar-refractivity contribution >= 4 is 0 Å². The highest BCUT2D eigenvalue weighted by atomic mass is 16.3. The van der Waals surface area contributed by atoms with Crippen LogP contribution in [0.5, 0.6) is 0 Å². The first-order valence-corrected chi connectivity index (χ1v) is 7.10. The summed E-state index contributed by atoms with van der Waals surface area (Å²) in [6.07, 6.45) is 4.65. The second-order valence-corrected chi connectivity index (χ2v) is 5.06. The lowest BCUT2D eigenvalue weighted by Gasteiger charge is -2.10. The summed E-state index contributed by atoms with van der Waals surface area (Å²) in [5.74, 6) is 0. The Labute approximate surface area is 115 Å². The molecule has 0 radical (unpaired) electrons. The molecule has 0 aliphatic rings. The summed E-state index contributed by atoms with van der Waals surface area (Å²) in [4.78, 5) is 0. The molecule has 100 valence electrons. The topological polar surface area (TPSA) is 20.2 Å². The van der Waals surface area contributed by atoms with Crippen molar-refractivity contribution in [1.29, 1.82) is 0 Å². The molecular formula is C18H22O. The number of aryl methyl sites for hydroxylation is 2. The molecule has 2 aromatic carbocycles. The Bertz CT molecular complexity index is 450. The molecular weight excluding hydrogens is 232 g/mol. The van der Waals surface area contributed by atoms with Crippen LogP contribution in [0.2, 0.25) is 0 Å². The van der Waals surface area contributed by atoms with Gasteiger partial charge in [0.05, 0.1) is 6.10 Å². The molecule has 0 heterocycles. The van der Waals surface area contributed by atoms with Crippen molar-refractivity contribution in [2.24, 2.45) is 0 Å². The van der Waals surface area contributed by atoms with Gasteiger partial charge in [-0.15, -0.1) is 0 Å². The van der Waals surface area contributed by atoms with Crippen molar-refractivity contribution in [2.45, 2.75) is 38.2 Å². The molecule has 1 nitrogen and oxygen atoms in total. The van der Waals surface area contributed by atoms with Gasteiger partial charge in [0.15, 0.2) is 0 Å². The van der Waals surface area contributed by atoms with Gasteiger partial charge in [-0.3, -0.25) is 0 Å². The zero-order valence-electron chi connectivity index (χ0n) is 11.3. The fourth-order valence-corrected chi connectivity index (χ4v) is 2.31. The number of benzene rings is 2. The van der Waals surface area contributed by atoms with Crippen LogP contribution in [-0.4, -0.2) is 11.2 Å². The van der Waals surface area contributed by atoms with Gasteiger partial charge in [0.2, 0.25) is 0 Å². The second kappa shape index (κ2) is 7.75.